The van der Waals surface area contributed by atoms with Gasteiger partial charge in [0.25, 0.3) is 0 Å². The van der Waals surface area contributed by atoms with Gasteiger partial charge in [0.05, 0.1) is 0 Å². The highest BCUT2D eigenvalue weighted by molar-refractivity contribution is 7.07. The zero-order valence-corrected chi connectivity index (χ0v) is 12.0. The van der Waals surface area contributed by atoms with Crippen LogP contribution in [0.25, 0.3) is 0 Å². The molecule has 1 heterocycles. The summed E-state index contributed by atoms with van der Waals surface area (Å²) in [7, 11) is 0. The Morgan fingerprint density at radius 3 is 2.37 bits per heavy atom. The van der Waals surface area contributed by atoms with Crippen LogP contribution >= 0.6 is 11.3 Å². The number of nitrogens with zero attached hydrogens (tertiary/aromatic N) is 1. The van der Waals surface area contributed by atoms with E-state index in [1.807, 2.05) is 0 Å². The Morgan fingerprint density at radius 1 is 1.42 bits per heavy atom. The standard InChI is InChI=1S/C12H18N2O4S/c1-4-12(5-2,10(16)17)13-9(15)6-14-8(3)7-19-11(14)18/h7H,4-6H2,1-3H3,(H,13,15)(H,16,17). The number of amides is 1. The minimum Gasteiger partial charge on any atom is -0.480 e. The average Bonchev–Trinajstić information content (AvgIpc) is 2.67. The molecule has 2 N–H and O–H groups in total. The molecule has 19 heavy (non-hydrogen) atoms. The van der Waals surface area contributed by atoms with Gasteiger partial charge in [-0.05, 0) is 19.8 Å². The molecule has 0 saturated carbocycles. The van der Waals surface area contributed by atoms with E-state index in [4.69, 9.17) is 0 Å². The minimum atomic E-state index is -1.26. The third-order valence-electron chi connectivity index (χ3n) is 3.27. The summed E-state index contributed by atoms with van der Waals surface area (Å²) < 4.78 is 1.33. The molecular weight excluding hydrogens is 268 g/mol. The Hall–Kier alpha value is -1.63. The first-order valence-corrected chi connectivity index (χ1v) is 6.93. The lowest BCUT2D eigenvalue weighted by Crippen LogP contribution is -2.54. The Kier molecular flexibility index (Phi) is 4.88. The van der Waals surface area contributed by atoms with Gasteiger partial charge in [-0.25, -0.2) is 4.79 Å². The molecule has 1 amide bonds. The van der Waals surface area contributed by atoms with Gasteiger partial charge in [0.1, 0.15) is 12.1 Å². The van der Waals surface area contributed by atoms with Crippen LogP contribution in [0.15, 0.2) is 10.2 Å². The highest BCUT2D eigenvalue weighted by Crippen LogP contribution is 2.15. The Bertz CT molecular complexity index is 528. The maximum absolute atomic E-state index is 11.9. The van der Waals surface area contributed by atoms with Crippen molar-refractivity contribution in [3.63, 3.8) is 0 Å². The largest absolute Gasteiger partial charge is 0.480 e. The highest BCUT2D eigenvalue weighted by atomic mass is 32.1. The topological polar surface area (TPSA) is 88.4 Å². The SMILES string of the molecule is CCC(CC)(NC(=O)Cn1c(C)csc1=O)C(=O)O. The molecule has 0 unspecified atom stereocenters. The molecule has 0 aliphatic heterocycles. The number of rotatable bonds is 6. The zero-order valence-electron chi connectivity index (χ0n) is 11.2. The van der Waals surface area contributed by atoms with Crippen molar-refractivity contribution in [2.45, 2.75) is 45.7 Å². The van der Waals surface area contributed by atoms with Crippen LogP contribution in [-0.4, -0.2) is 27.1 Å². The van der Waals surface area contributed by atoms with Crippen molar-refractivity contribution in [2.75, 3.05) is 0 Å². The van der Waals surface area contributed by atoms with Crippen LogP contribution < -0.4 is 10.2 Å². The Morgan fingerprint density at radius 2 is 2.00 bits per heavy atom. The number of thiazole rings is 1. The molecule has 6 nitrogen and oxygen atoms in total. The quantitative estimate of drug-likeness (QED) is 0.816. The first kappa shape index (κ1) is 15.4. The summed E-state index contributed by atoms with van der Waals surface area (Å²) in [5, 5.41) is 13.4. The molecule has 0 fully saturated rings. The summed E-state index contributed by atoms with van der Waals surface area (Å²) >= 11 is 1.02. The van der Waals surface area contributed by atoms with Gasteiger partial charge >= 0.3 is 10.8 Å². The lowest BCUT2D eigenvalue weighted by Gasteiger charge is -2.28. The van der Waals surface area contributed by atoms with E-state index in [0.717, 1.165) is 11.3 Å². The normalized spacial score (nSPS) is 11.3. The number of aliphatic carboxylic acids is 1. The van der Waals surface area contributed by atoms with Gasteiger partial charge in [-0.2, -0.15) is 0 Å². The van der Waals surface area contributed by atoms with E-state index >= 15 is 0 Å². The van der Waals surface area contributed by atoms with E-state index in [-0.39, 0.29) is 11.4 Å². The molecule has 0 spiro atoms. The second kappa shape index (κ2) is 6.01. The molecule has 0 aromatic carbocycles. The van der Waals surface area contributed by atoms with Crippen LogP contribution in [0.5, 0.6) is 0 Å². The van der Waals surface area contributed by atoms with Crippen LogP contribution in [0.3, 0.4) is 0 Å². The third-order valence-corrected chi connectivity index (χ3v) is 4.15. The minimum absolute atomic E-state index is 0.150. The van der Waals surface area contributed by atoms with Crippen LogP contribution in [0.2, 0.25) is 0 Å². The average molecular weight is 286 g/mol. The molecule has 0 radical (unpaired) electrons. The first-order chi connectivity index (χ1) is 8.86. The summed E-state index contributed by atoms with van der Waals surface area (Å²) in [6.07, 6.45) is 0.587. The van der Waals surface area contributed by atoms with Crippen molar-refractivity contribution in [3.8, 4) is 0 Å². The molecule has 1 rings (SSSR count). The summed E-state index contributed by atoms with van der Waals surface area (Å²) in [5.74, 6) is -1.52. The molecule has 7 heteroatoms. The van der Waals surface area contributed by atoms with Crippen LogP contribution in [0, 0.1) is 6.92 Å². The summed E-state index contributed by atoms with van der Waals surface area (Å²) in [6.45, 7) is 5.00. The number of aryl methyl sites for hydroxylation is 1. The zero-order chi connectivity index (χ0) is 14.6. The predicted octanol–water partition coefficient (Wildman–Crippen LogP) is 0.978. The molecular formula is C12H18N2O4S. The molecule has 1 aromatic heterocycles. The third kappa shape index (κ3) is 3.23. The van der Waals surface area contributed by atoms with Gasteiger partial charge in [-0.3, -0.25) is 14.2 Å². The molecule has 0 aliphatic rings. The number of carbonyl (C=O) groups excluding carboxylic acids is 1. The van der Waals surface area contributed by atoms with Gasteiger partial charge < -0.3 is 10.4 Å². The van der Waals surface area contributed by atoms with E-state index < -0.39 is 17.4 Å². The fourth-order valence-corrected chi connectivity index (χ4v) is 2.56. The van der Waals surface area contributed by atoms with Gasteiger partial charge in [-0.1, -0.05) is 25.2 Å². The molecule has 106 valence electrons. The number of carbonyl (C=O) groups is 2. The van der Waals surface area contributed by atoms with Gasteiger partial charge in [-0.15, -0.1) is 0 Å². The monoisotopic (exact) mass is 286 g/mol. The van der Waals surface area contributed by atoms with Crippen molar-refractivity contribution in [1.82, 2.24) is 9.88 Å². The number of carboxylic acids is 1. The van der Waals surface area contributed by atoms with Gasteiger partial charge in [0.15, 0.2) is 0 Å². The summed E-state index contributed by atoms with van der Waals surface area (Å²) in [5.41, 5.74) is -0.566. The van der Waals surface area contributed by atoms with Crippen LogP contribution in [0.1, 0.15) is 32.4 Å². The van der Waals surface area contributed by atoms with Crippen molar-refractivity contribution >= 4 is 23.2 Å². The van der Waals surface area contributed by atoms with E-state index in [0.29, 0.717) is 18.5 Å². The number of hydrogen-bond donors (Lipinski definition) is 2. The van der Waals surface area contributed by atoms with Crippen molar-refractivity contribution in [1.29, 1.82) is 0 Å². The molecule has 1 aromatic rings. The first-order valence-electron chi connectivity index (χ1n) is 6.05. The fraction of sp³-hybridized carbons (Fsp3) is 0.583. The lowest BCUT2D eigenvalue weighted by atomic mass is 9.93. The van der Waals surface area contributed by atoms with E-state index in [1.54, 1.807) is 26.2 Å². The smallest absolute Gasteiger partial charge is 0.329 e. The maximum atomic E-state index is 11.9. The van der Waals surface area contributed by atoms with E-state index in [1.165, 1.54) is 4.57 Å². The van der Waals surface area contributed by atoms with Crippen molar-refractivity contribution in [3.05, 3.63) is 20.7 Å². The molecule has 0 bridgehead atoms. The summed E-state index contributed by atoms with van der Waals surface area (Å²) in [4.78, 5) is 34.5. The number of hydrogen-bond acceptors (Lipinski definition) is 4. The second-order valence-corrected chi connectivity index (χ2v) is 5.19. The number of nitrogens with one attached hydrogen (secondary N) is 1. The summed E-state index contributed by atoms with van der Waals surface area (Å²) in [6, 6.07) is 0. The number of aromatic nitrogens is 1. The molecule has 0 atom stereocenters. The van der Waals surface area contributed by atoms with Gasteiger partial charge in [0, 0.05) is 11.1 Å². The van der Waals surface area contributed by atoms with E-state index in [2.05, 4.69) is 5.32 Å². The van der Waals surface area contributed by atoms with Crippen molar-refractivity contribution in [2.24, 2.45) is 0 Å². The van der Waals surface area contributed by atoms with Crippen LogP contribution in [0.4, 0.5) is 0 Å². The van der Waals surface area contributed by atoms with Gasteiger partial charge in [0.2, 0.25) is 5.91 Å². The maximum Gasteiger partial charge on any atom is 0.329 e. The predicted molar refractivity (Wildman–Crippen MR) is 72.4 cm³/mol. The fourth-order valence-electron chi connectivity index (χ4n) is 1.83. The second-order valence-electron chi connectivity index (χ2n) is 4.37. The highest BCUT2D eigenvalue weighted by Gasteiger charge is 2.36. The molecule has 0 aliphatic carbocycles. The lowest BCUT2D eigenvalue weighted by molar-refractivity contribution is -0.148. The van der Waals surface area contributed by atoms with E-state index in [9.17, 15) is 19.5 Å². The Balaban J connectivity index is 2.85. The van der Waals surface area contributed by atoms with Crippen molar-refractivity contribution < 1.29 is 14.7 Å². The van der Waals surface area contributed by atoms with Crippen LogP contribution in [-0.2, 0) is 16.1 Å². The number of carboxylic acid groups (broad SMARTS) is 1. The molecule has 0 saturated heterocycles. The Labute approximate surface area is 115 Å².